The molecule has 6 nitrogen and oxygen atoms in total. The monoisotopic (exact) mass is 358 g/mol. The molecule has 140 valence electrons. The van der Waals surface area contributed by atoms with Crippen LogP contribution in [-0.2, 0) is 20.9 Å². The van der Waals surface area contributed by atoms with Crippen molar-refractivity contribution in [2.75, 3.05) is 27.3 Å². The van der Waals surface area contributed by atoms with Gasteiger partial charge in [0.1, 0.15) is 5.75 Å². The van der Waals surface area contributed by atoms with Gasteiger partial charge in [-0.15, -0.1) is 0 Å². The molecule has 0 atom stereocenters. The van der Waals surface area contributed by atoms with Gasteiger partial charge in [0, 0.05) is 49.6 Å². The quantitative estimate of drug-likeness (QED) is 0.745. The number of likely N-dealkylation sites (tertiary alicyclic amines) is 1. The average molecular weight is 358 g/mol. The summed E-state index contributed by atoms with van der Waals surface area (Å²) in [4.78, 5) is 25.8. The number of hydrogen-bond acceptors (Lipinski definition) is 4. The van der Waals surface area contributed by atoms with Crippen LogP contribution in [0.1, 0.15) is 25.7 Å². The van der Waals surface area contributed by atoms with Crippen LogP contribution in [0.15, 0.2) is 30.5 Å². The summed E-state index contributed by atoms with van der Waals surface area (Å²) in [5, 5.41) is 1.11. The Bertz CT molecular complexity index is 775. The first kappa shape index (κ1) is 18.3. The zero-order valence-corrected chi connectivity index (χ0v) is 15.4. The molecule has 1 aliphatic heterocycles. The summed E-state index contributed by atoms with van der Waals surface area (Å²) in [7, 11) is 3.08. The highest BCUT2D eigenvalue weighted by Crippen LogP contribution is 2.23. The number of carbonyl (C=O) groups is 2. The second-order valence-corrected chi connectivity index (χ2v) is 6.79. The topological polar surface area (TPSA) is 60.8 Å². The first-order valence-corrected chi connectivity index (χ1v) is 9.08. The Morgan fingerprint density at radius 1 is 1.15 bits per heavy atom. The molecule has 1 aliphatic rings. The maximum Gasteiger partial charge on any atom is 0.305 e. The molecule has 1 fully saturated rings. The Balaban J connectivity index is 1.51. The Labute approximate surface area is 153 Å². The molecule has 0 aliphatic carbocycles. The third kappa shape index (κ3) is 4.18. The lowest BCUT2D eigenvalue weighted by molar-refractivity contribution is -0.142. The molecule has 1 saturated heterocycles. The van der Waals surface area contributed by atoms with Crippen LogP contribution in [0.2, 0.25) is 0 Å². The number of ether oxygens (including phenoxy) is 2. The van der Waals surface area contributed by atoms with E-state index in [-0.39, 0.29) is 11.9 Å². The minimum absolute atomic E-state index is 0.161. The molecular weight excluding hydrogens is 332 g/mol. The summed E-state index contributed by atoms with van der Waals surface area (Å²) < 4.78 is 12.1. The third-order valence-electron chi connectivity index (χ3n) is 5.19. The number of piperidine rings is 1. The largest absolute Gasteiger partial charge is 0.497 e. The van der Waals surface area contributed by atoms with E-state index in [1.807, 2.05) is 35.4 Å². The number of rotatable bonds is 6. The second-order valence-electron chi connectivity index (χ2n) is 6.79. The lowest BCUT2D eigenvalue weighted by atomic mass is 9.93. The molecule has 1 aromatic carbocycles. The van der Waals surface area contributed by atoms with E-state index in [4.69, 9.17) is 9.47 Å². The highest BCUT2D eigenvalue weighted by molar-refractivity contribution is 5.82. The number of esters is 1. The van der Waals surface area contributed by atoms with Gasteiger partial charge in [-0.05, 0) is 43.0 Å². The van der Waals surface area contributed by atoms with Crippen LogP contribution in [0.4, 0.5) is 0 Å². The first-order chi connectivity index (χ1) is 12.6. The molecule has 1 aromatic heterocycles. The highest BCUT2D eigenvalue weighted by atomic mass is 16.5. The van der Waals surface area contributed by atoms with Crippen LogP contribution in [0, 0.1) is 5.92 Å². The van der Waals surface area contributed by atoms with Crippen LogP contribution in [0.3, 0.4) is 0 Å². The molecule has 3 rings (SSSR count). The van der Waals surface area contributed by atoms with Crippen LogP contribution in [0.5, 0.6) is 5.75 Å². The molecule has 2 heterocycles. The molecule has 6 heteroatoms. The van der Waals surface area contributed by atoms with Crippen LogP contribution in [0.25, 0.3) is 10.9 Å². The molecule has 0 bridgehead atoms. The lowest BCUT2D eigenvalue weighted by Crippen LogP contribution is -2.39. The van der Waals surface area contributed by atoms with Gasteiger partial charge in [0.25, 0.3) is 0 Å². The maximum atomic E-state index is 12.5. The minimum Gasteiger partial charge on any atom is -0.497 e. The fourth-order valence-electron chi connectivity index (χ4n) is 3.58. The number of amides is 1. The number of aryl methyl sites for hydroxylation is 1. The van der Waals surface area contributed by atoms with Gasteiger partial charge < -0.3 is 18.9 Å². The summed E-state index contributed by atoms with van der Waals surface area (Å²) >= 11 is 0. The van der Waals surface area contributed by atoms with Crippen molar-refractivity contribution in [3.8, 4) is 5.75 Å². The Morgan fingerprint density at radius 2 is 1.92 bits per heavy atom. The number of fused-ring (bicyclic) bond motifs is 1. The van der Waals surface area contributed by atoms with E-state index < -0.39 is 0 Å². The van der Waals surface area contributed by atoms with Gasteiger partial charge in [0.15, 0.2) is 0 Å². The van der Waals surface area contributed by atoms with Gasteiger partial charge >= 0.3 is 5.97 Å². The van der Waals surface area contributed by atoms with Crippen molar-refractivity contribution in [3.63, 3.8) is 0 Å². The van der Waals surface area contributed by atoms with E-state index in [0.29, 0.717) is 25.3 Å². The Morgan fingerprint density at radius 3 is 2.62 bits per heavy atom. The van der Waals surface area contributed by atoms with Gasteiger partial charge in [-0.25, -0.2) is 0 Å². The molecule has 0 saturated carbocycles. The molecular formula is C20H26N2O4. The average Bonchev–Trinajstić information content (AvgIpc) is 3.08. The van der Waals surface area contributed by atoms with Gasteiger partial charge in [-0.2, -0.15) is 0 Å². The van der Waals surface area contributed by atoms with E-state index in [2.05, 4.69) is 4.57 Å². The zero-order chi connectivity index (χ0) is 18.5. The molecule has 2 aromatic rings. The summed E-state index contributed by atoms with van der Waals surface area (Å²) in [6.45, 7) is 2.12. The molecule has 0 unspecified atom stereocenters. The predicted molar refractivity (Wildman–Crippen MR) is 99.0 cm³/mol. The smallest absolute Gasteiger partial charge is 0.305 e. The van der Waals surface area contributed by atoms with Crippen molar-refractivity contribution in [1.82, 2.24) is 9.47 Å². The van der Waals surface area contributed by atoms with Crippen molar-refractivity contribution >= 4 is 22.8 Å². The Hall–Kier alpha value is -2.50. The summed E-state index contributed by atoms with van der Waals surface area (Å²) in [5.74, 6) is 1.18. The number of benzene rings is 1. The van der Waals surface area contributed by atoms with Crippen molar-refractivity contribution in [1.29, 1.82) is 0 Å². The fraction of sp³-hybridized carbons (Fsp3) is 0.500. The zero-order valence-electron chi connectivity index (χ0n) is 15.4. The van der Waals surface area contributed by atoms with E-state index >= 15 is 0 Å². The highest BCUT2D eigenvalue weighted by Gasteiger charge is 2.24. The van der Waals surface area contributed by atoms with Crippen molar-refractivity contribution in [2.24, 2.45) is 5.92 Å². The summed E-state index contributed by atoms with van der Waals surface area (Å²) in [5.41, 5.74) is 1.11. The minimum atomic E-state index is -0.161. The normalized spacial score (nSPS) is 15.2. The number of carbonyl (C=O) groups excluding carboxylic acids is 2. The maximum absolute atomic E-state index is 12.5. The second kappa shape index (κ2) is 8.25. The van der Waals surface area contributed by atoms with Crippen molar-refractivity contribution in [3.05, 3.63) is 30.5 Å². The molecule has 26 heavy (non-hydrogen) atoms. The van der Waals surface area contributed by atoms with Gasteiger partial charge in [0.2, 0.25) is 5.91 Å². The van der Waals surface area contributed by atoms with E-state index in [1.165, 1.54) is 7.11 Å². The SMILES string of the molecule is COC(=O)CC1CCN(C(=O)CCn2ccc3cc(OC)ccc32)CC1. The van der Waals surface area contributed by atoms with E-state index in [0.717, 1.165) is 42.6 Å². The lowest BCUT2D eigenvalue weighted by Gasteiger charge is -2.31. The Kier molecular flexibility index (Phi) is 5.81. The first-order valence-electron chi connectivity index (χ1n) is 9.08. The van der Waals surface area contributed by atoms with Crippen LogP contribution >= 0.6 is 0 Å². The van der Waals surface area contributed by atoms with E-state index in [1.54, 1.807) is 7.11 Å². The molecule has 0 N–H and O–H groups in total. The van der Waals surface area contributed by atoms with Crippen LogP contribution < -0.4 is 4.74 Å². The molecule has 1 amide bonds. The van der Waals surface area contributed by atoms with Gasteiger partial charge in [0.05, 0.1) is 14.2 Å². The van der Waals surface area contributed by atoms with E-state index in [9.17, 15) is 9.59 Å². The van der Waals surface area contributed by atoms with Crippen LogP contribution in [-0.4, -0.2) is 48.7 Å². The number of aromatic nitrogens is 1. The molecule has 0 spiro atoms. The predicted octanol–water partition coefficient (Wildman–Crippen LogP) is 2.84. The van der Waals surface area contributed by atoms with Crippen molar-refractivity contribution in [2.45, 2.75) is 32.2 Å². The molecule has 0 radical (unpaired) electrons. The summed E-state index contributed by atoms with van der Waals surface area (Å²) in [6, 6.07) is 8.00. The number of methoxy groups -OCH3 is 2. The van der Waals surface area contributed by atoms with Gasteiger partial charge in [-0.1, -0.05) is 0 Å². The number of hydrogen-bond donors (Lipinski definition) is 0. The fourth-order valence-corrected chi connectivity index (χ4v) is 3.58. The van der Waals surface area contributed by atoms with Crippen molar-refractivity contribution < 1.29 is 19.1 Å². The summed E-state index contributed by atoms with van der Waals surface area (Å²) in [6.07, 6.45) is 4.69. The standard InChI is InChI=1S/C20H26N2O4/c1-25-17-3-4-18-16(14-17)7-11-21(18)12-8-19(23)22-9-5-15(6-10-22)13-20(24)26-2/h3-4,7,11,14-15H,5-6,8-10,12-13H2,1-2H3. The third-order valence-corrected chi connectivity index (χ3v) is 5.19. The number of nitrogens with zero attached hydrogens (tertiary/aromatic N) is 2. The van der Waals surface area contributed by atoms with Gasteiger partial charge in [-0.3, -0.25) is 9.59 Å².